The summed E-state index contributed by atoms with van der Waals surface area (Å²) in [4.78, 5) is 3.16. The van der Waals surface area contributed by atoms with Gasteiger partial charge in [0.2, 0.25) is 0 Å². The van der Waals surface area contributed by atoms with Crippen molar-refractivity contribution in [1.29, 1.82) is 0 Å². The molecule has 3 nitrogen and oxygen atoms in total. The first-order valence-corrected chi connectivity index (χ1v) is 5.90. The van der Waals surface area contributed by atoms with E-state index in [1.54, 1.807) is 0 Å². The van der Waals surface area contributed by atoms with Crippen molar-refractivity contribution < 1.29 is 5.11 Å². The number of aliphatic hydroxyl groups excluding tert-OH is 1. The fourth-order valence-electron chi connectivity index (χ4n) is 1.99. The van der Waals surface area contributed by atoms with Crippen LogP contribution in [0.1, 0.15) is 32.4 Å². The largest absolute Gasteiger partial charge is 0.391 e. The highest BCUT2D eigenvalue weighted by atomic mass is 35.5. The minimum Gasteiger partial charge on any atom is -0.391 e. The second-order valence-electron chi connectivity index (χ2n) is 5.66. The van der Waals surface area contributed by atoms with E-state index in [1.165, 1.54) is 0 Å². The molecule has 0 saturated carbocycles. The minimum absolute atomic E-state index is 0. The van der Waals surface area contributed by atoms with Gasteiger partial charge in [-0.05, 0) is 28.5 Å². The summed E-state index contributed by atoms with van der Waals surface area (Å²) >= 11 is 0. The van der Waals surface area contributed by atoms with Crippen LogP contribution in [0.25, 0.3) is 10.9 Å². The molecule has 18 heavy (non-hydrogen) atoms. The highest BCUT2D eigenvalue weighted by molar-refractivity contribution is 5.85. The molecule has 0 aliphatic heterocycles. The van der Waals surface area contributed by atoms with Gasteiger partial charge in [-0.2, -0.15) is 0 Å². The van der Waals surface area contributed by atoms with Gasteiger partial charge in [-0.25, -0.2) is 0 Å². The van der Waals surface area contributed by atoms with Gasteiger partial charge in [0.15, 0.2) is 0 Å². The summed E-state index contributed by atoms with van der Waals surface area (Å²) in [5.41, 5.74) is 7.92. The average molecular weight is 269 g/mol. The van der Waals surface area contributed by atoms with Crippen molar-refractivity contribution in [2.24, 2.45) is 11.1 Å². The van der Waals surface area contributed by atoms with E-state index in [4.69, 9.17) is 5.73 Å². The predicted octanol–water partition coefficient (Wildman–Crippen LogP) is 3.00. The summed E-state index contributed by atoms with van der Waals surface area (Å²) in [6.07, 6.45) is 1.34. The van der Waals surface area contributed by atoms with Crippen LogP contribution in [0.5, 0.6) is 0 Å². The van der Waals surface area contributed by atoms with Crippen molar-refractivity contribution >= 4 is 23.3 Å². The van der Waals surface area contributed by atoms with E-state index in [-0.39, 0.29) is 23.9 Å². The maximum Gasteiger partial charge on any atom is 0.0780 e. The van der Waals surface area contributed by atoms with Crippen LogP contribution in [0.4, 0.5) is 0 Å². The standard InChI is InChI=1S/C14H20N2O.ClH/c1-14(2,3)13(17)12(15)10-5-4-9-6-7-16-11(9)8-10;/h4-8,12-13,16-17H,15H2,1-3H3;1H/t12-,13-;/m0./s1. The third-order valence-electron chi connectivity index (χ3n) is 3.19. The Balaban J connectivity index is 0.00000162. The molecular formula is C14H21ClN2O. The Morgan fingerprint density at radius 3 is 2.50 bits per heavy atom. The molecule has 4 N–H and O–H groups in total. The summed E-state index contributed by atoms with van der Waals surface area (Å²) in [5.74, 6) is 0. The topological polar surface area (TPSA) is 62.0 Å². The number of fused-ring (bicyclic) bond motifs is 1. The Kier molecular flexibility index (Phi) is 4.43. The quantitative estimate of drug-likeness (QED) is 0.784. The average Bonchev–Trinajstić information content (AvgIpc) is 2.72. The third kappa shape index (κ3) is 2.86. The van der Waals surface area contributed by atoms with Crippen LogP contribution < -0.4 is 5.73 Å². The molecule has 0 spiro atoms. The monoisotopic (exact) mass is 268 g/mol. The lowest BCUT2D eigenvalue weighted by molar-refractivity contribution is 0.0401. The van der Waals surface area contributed by atoms with Crippen LogP contribution in [-0.4, -0.2) is 16.2 Å². The first-order chi connectivity index (χ1) is 7.89. The van der Waals surface area contributed by atoms with Crippen molar-refractivity contribution in [3.8, 4) is 0 Å². The van der Waals surface area contributed by atoms with E-state index in [0.717, 1.165) is 16.5 Å². The summed E-state index contributed by atoms with van der Waals surface area (Å²) in [5, 5.41) is 11.4. The fraction of sp³-hybridized carbons (Fsp3) is 0.429. The van der Waals surface area contributed by atoms with Gasteiger partial charge in [-0.15, -0.1) is 12.4 Å². The molecule has 0 saturated heterocycles. The Bertz CT molecular complexity index is 516. The number of halogens is 1. The van der Waals surface area contributed by atoms with Crippen molar-refractivity contribution in [2.75, 3.05) is 0 Å². The lowest BCUT2D eigenvalue weighted by Crippen LogP contribution is -2.36. The Morgan fingerprint density at radius 2 is 1.89 bits per heavy atom. The zero-order valence-corrected chi connectivity index (χ0v) is 11.8. The second kappa shape index (κ2) is 5.31. The molecule has 2 atom stereocenters. The minimum atomic E-state index is -0.560. The van der Waals surface area contributed by atoms with E-state index in [2.05, 4.69) is 4.98 Å². The molecule has 2 aromatic rings. The van der Waals surface area contributed by atoms with Crippen molar-refractivity contribution in [3.63, 3.8) is 0 Å². The molecule has 0 unspecified atom stereocenters. The number of rotatable bonds is 2. The zero-order valence-electron chi connectivity index (χ0n) is 11.0. The Labute approximate surface area is 114 Å². The predicted molar refractivity (Wildman–Crippen MR) is 77.9 cm³/mol. The molecule has 1 aromatic heterocycles. The summed E-state index contributed by atoms with van der Waals surface area (Å²) < 4.78 is 0. The van der Waals surface area contributed by atoms with Crippen LogP contribution in [-0.2, 0) is 0 Å². The lowest BCUT2D eigenvalue weighted by Gasteiger charge is -2.31. The molecule has 2 rings (SSSR count). The molecule has 0 fully saturated rings. The van der Waals surface area contributed by atoms with Gasteiger partial charge in [0, 0.05) is 11.7 Å². The Morgan fingerprint density at radius 1 is 1.22 bits per heavy atom. The van der Waals surface area contributed by atoms with E-state index in [1.807, 2.05) is 51.2 Å². The second-order valence-corrected chi connectivity index (χ2v) is 5.66. The molecule has 1 heterocycles. The summed E-state index contributed by atoms with van der Waals surface area (Å²) in [6, 6.07) is 7.68. The molecule has 0 aliphatic rings. The van der Waals surface area contributed by atoms with Gasteiger partial charge in [-0.3, -0.25) is 0 Å². The highest BCUT2D eigenvalue weighted by Gasteiger charge is 2.29. The van der Waals surface area contributed by atoms with Crippen LogP contribution in [0, 0.1) is 5.41 Å². The molecule has 0 amide bonds. The molecule has 0 bridgehead atoms. The van der Waals surface area contributed by atoms with Gasteiger partial charge in [0.05, 0.1) is 12.1 Å². The molecule has 4 heteroatoms. The van der Waals surface area contributed by atoms with Gasteiger partial charge < -0.3 is 15.8 Å². The first-order valence-electron chi connectivity index (χ1n) is 5.90. The van der Waals surface area contributed by atoms with Crippen molar-refractivity contribution in [1.82, 2.24) is 4.98 Å². The summed E-state index contributed by atoms with van der Waals surface area (Å²) in [6.45, 7) is 5.97. The van der Waals surface area contributed by atoms with Gasteiger partial charge in [0.1, 0.15) is 0 Å². The fourth-order valence-corrected chi connectivity index (χ4v) is 1.99. The van der Waals surface area contributed by atoms with Crippen molar-refractivity contribution in [2.45, 2.75) is 32.9 Å². The molecule has 1 aromatic carbocycles. The van der Waals surface area contributed by atoms with Crippen LogP contribution >= 0.6 is 12.4 Å². The van der Waals surface area contributed by atoms with Gasteiger partial charge >= 0.3 is 0 Å². The normalized spacial score (nSPS) is 15.2. The summed E-state index contributed by atoms with van der Waals surface area (Å²) in [7, 11) is 0. The lowest BCUT2D eigenvalue weighted by atomic mass is 9.82. The number of H-pyrrole nitrogens is 1. The van der Waals surface area contributed by atoms with Gasteiger partial charge in [-0.1, -0.05) is 32.9 Å². The zero-order chi connectivity index (χ0) is 12.6. The number of nitrogens with one attached hydrogen (secondary N) is 1. The highest BCUT2D eigenvalue weighted by Crippen LogP contribution is 2.29. The third-order valence-corrected chi connectivity index (χ3v) is 3.19. The number of aromatic amines is 1. The van der Waals surface area contributed by atoms with Crippen LogP contribution in [0.3, 0.4) is 0 Å². The molecular weight excluding hydrogens is 248 g/mol. The smallest absolute Gasteiger partial charge is 0.0780 e. The number of hydrogen-bond acceptors (Lipinski definition) is 2. The maximum atomic E-state index is 10.2. The number of nitrogens with two attached hydrogens (primary N) is 1. The number of hydrogen-bond donors (Lipinski definition) is 3. The van der Waals surface area contributed by atoms with E-state index in [0.29, 0.717) is 0 Å². The first kappa shape index (κ1) is 15.0. The van der Waals surface area contributed by atoms with E-state index >= 15 is 0 Å². The molecule has 100 valence electrons. The van der Waals surface area contributed by atoms with Crippen molar-refractivity contribution in [3.05, 3.63) is 36.0 Å². The molecule has 0 aliphatic carbocycles. The Hall–Kier alpha value is -1.03. The maximum absolute atomic E-state index is 10.2. The van der Waals surface area contributed by atoms with Crippen LogP contribution in [0.15, 0.2) is 30.5 Å². The van der Waals surface area contributed by atoms with E-state index in [9.17, 15) is 5.11 Å². The molecule has 0 radical (unpaired) electrons. The number of aromatic nitrogens is 1. The number of aliphatic hydroxyl groups is 1. The SMILES string of the molecule is CC(C)(C)[C@@H](O)[C@@H](N)c1ccc2cc[nH]c2c1.Cl. The van der Waals surface area contributed by atoms with Gasteiger partial charge in [0.25, 0.3) is 0 Å². The van der Waals surface area contributed by atoms with Crippen LogP contribution in [0.2, 0.25) is 0 Å². The van der Waals surface area contributed by atoms with E-state index < -0.39 is 6.10 Å². The number of benzene rings is 1.